The van der Waals surface area contributed by atoms with Crippen molar-refractivity contribution >= 4 is 35.5 Å². The van der Waals surface area contributed by atoms with Gasteiger partial charge in [-0.1, -0.05) is 29.8 Å². The number of aromatic nitrogens is 3. The van der Waals surface area contributed by atoms with Gasteiger partial charge >= 0.3 is 5.97 Å². The Hall–Kier alpha value is -4.47. The molecule has 3 aromatic rings. The lowest BCUT2D eigenvalue weighted by Gasteiger charge is -2.12. The van der Waals surface area contributed by atoms with Crippen molar-refractivity contribution < 1.29 is 19.1 Å². The Morgan fingerprint density at radius 2 is 1.76 bits per heavy atom. The Kier molecular flexibility index (Phi) is 8.11. The average molecular weight is 463 g/mol. The molecule has 1 amide bonds. The highest BCUT2D eigenvalue weighted by Crippen LogP contribution is 2.15. The first-order valence-electron chi connectivity index (χ1n) is 10.5. The SMILES string of the molecule is COc1ccc(/C=C/C(=O)N[C@@H](C)C(=O)OCc2nc(N)nc(Nc3ccc(C)cc3)n2)cc1. The summed E-state index contributed by atoms with van der Waals surface area (Å²) < 4.78 is 10.3. The second-order valence-corrected chi connectivity index (χ2v) is 7.37. The quantitative estimate of drug-likeness (QED) is 0.323. The third-order valence-electron chi connectivity index (χ3n) is 4.61. The van der Waals surface area contributed by atoms with Crippen molar-refractivity contribution in [2.75, 3.05) is 18.2 Å². The average Bonchev–Trinajstić information content (AvgIpc) is 2.82. The molecule has 176 valence electrons. The summed E-state index contributed by atoms with van der Waals surface area (Å²) in [5.74, 6) is 0.0323. The van der Waals surface area contributed by atoms with Crippen molar-refractivity contribution in [3.05, 3.63) is 71.6 Å². The number of nitrogens with one attached hydrogen (secondary N) is 2. The van der Waals surface area contributed by atoms with E-state index in [1.807, 2.05) is 43.3 Å². The fourth-order valence-electron chi connectivity index (χ4n) is 2.79. The predicted octanol–water partition coefficient (Wildman–Crippen LogP) is 2.78. The smallest absolute Gasteiger partial charge is 0.328 e. The van der Waals surface area contributed by atoms with Gasteiger partial charge in [-0.25, -0.2) is 4.79 Å². The van der Waals surface area contributed by atoms with E-state index in [2.05, 4.69) is 25.6 Å². The van der Waals surface area contributed by atoms with Crippen LogP contribution in [0.5, 0.6) is 5.75 Å². The number of hydrogen-bond donors (Lipinski definition) is 3. The van der Waals surface area contributed by atoms with Crippen LogP contribution in [0.2, 0.25) is 0 Å². The number of ether oxygens (including phenoxy) is 2. The second-order valence-electron chi connectivity index (χ2n) is 7.37. The van der Waals surface area contributed by atoms with E-state index >= 15 is 0 Å². The summed E-state index contributed by atoms with van der Waals surface area (Å²) in [4.78, 5) is 36.7. The minimum absolute atomic E-state index is 0.0133. The Morgan fingerprint density at radius 3 is 2.44 bits per heavy atom. The number of carbonyl (C=O) groups excluding carboxylic acids is 2. The van der Waals surface area contributed by atoms with E-state index in [1.54, 1.807) is 25.3 Å². The van der Waals surface area contributed by atoms with Crippen LogP contribution in [0.25, 0.3) is 6.08 Å². The molecule has 3 rings (SSSR count). The number of carbonyl (C=O) groups is 2. The van der Waals surface area contributed by atoms with Crippen molar-refractivity contribution in [3.8, 4) is 5.75 Å². The van der Waals surface area contributed by atoms with Crippen LogP contribution in [0.15, 0.2) is 54.6 Å². The summed E-state index contributed by atoms with van der Waals surface area (Å²) in [6.45, 7) is 3.28. The minimum atomic E-state index is -0.877. The molecule has 0 saturated carbocycles. The molecule has 1 aromatic heterocycles. The summed E-state index contributed by atoms with van der Waals surface area (Å²) in [7, 11) is 1.58. The molecule has 34 heavy (non-hydrogen) atoms. The van der Waals surface area contributed by atoms with Gasteiger partial charge in [-0.2, -0.15) is 15.0 Å². The number of methoxy groups -OCH3 is 1. The van der Waals surface area contributed by atoms with Gasteiger partial charge in [0.1, 0.15) is 11.8 Å². The molecule has 0 spiro atoms. The molecule has 0 aliphatic heterocycles. The second kappa shape index (κ2) is 11.4. The van der Waals surface area contributed by atoms with Crippen LogP contribution >= 0.6 is 0 Å². The van der Waals surface area contributed by atoms with Crippen LogP contribution in [-0.4, -0.2) is 40.0 Å². The number of aryl methyl sites for hydroxylation is 1. The molecule has 0 aliphatic rings. The van der Waals surface area contributed by atoms with E-state index in [-0.39, 0.29) is 24.3 Å². The zero-order valence-corrected chi connectivity index (χ0v) is 19.1. The van der Waals surface area contributed by atoms with Crippen LogP contribution in [0.4, 0.5) is 17.6 Å². The topological polar surface area (TPSA) is 141 Å². The maximum atomic E-state index is 12.3. The van der Waals surface area contributed by atoms with Crippen LogP contribution in [0.1, 0.15) is 23.9 Å². The van der Waals surface area contributed by atoms with E-state index < -0.39 is 17.9 Å². The van der Waals surface area contributed by atoms with Crippen molar-refractivity contribution in [3.63, 3.8) is 0 Å². The molecule has 0 bridgehead atoms. The third kappa shape index (κ3) is 7.30. The summed E-state index contributed by atoms with van der Waals surface area (Å²) >= 11 is 0. The van der Waals surface area contributed by atoms with Gasteiger partial charge in [0.05, 0.1) is 7.11 Å². The lowest BCUT2D eigenvalue weighted by molar-refractivity contribution is -0.148. The van der Waals surface area contributed by atoms with Gasteiger partial charge in [-0.3, -0.25) is 4.79 Å². The van der Waals surface area contributed by atoms with Gasteiger partial charge in [0, 0.05) is 11.8 Å². The zero-order chi connectivity index (χ0) is 24.5. The number of hydrogen-bond acceptors (Lipinski definition) is 9. The van der Waals surface area contributed by atoms with Gasteiger partial charge < -0.3 is 25.8 Å². The number of anilines is 3. The van der Waals surface area contributed by atoms with Gasteiger partial charge in [0.2, 0.25) is 17.8 Å². The maximum Gasteiger partial charge on any atom is 0.328 e. The molecule has 0 saturated heterocycles. The largest absolute Gasteiger partial charge is 0.497 e. The molecule has 0 radical (unpaired) electrons. The summed E-state index contributed by atoms with van der Waals surface area (Å²) in [5, 5.41) is 5.58. The molecule has 1 heterocycles. The number of amides is 1. The molecule has 0 aliphatic carbocycles. The number of nitrogens with two attached hydrogens (primary N) is 1. The number of nitrogen functional groups attached to an aromatic ring is 1. The van der Waals surface area contributed by atoms with Crippen molar-refractivity contribution in [2.24, 2.45) is 0 Å². The van der Waals surface area contributed by atoms with Gasteiger partial charge in [-0.05, 0) is 49.8 Å². The molecule has 10 heteroatoms. The Bertz CT molecular complexity index is 1160. The Labute approximate surface area is 197 Å². The van der Waals surface area contributed by atoms with Gasteiger partial charge in [-0.15, -0.1) is 0 Å². The Morgan fingerprint density at radius 1 is 1.06 bits per heavy atom. The third-order valence-corrected chi connectivity index (χ3v) is 4.61. The first-order chi connectivity index (χ1) is 16.3. The molecule has 10 nitrogen and oxygen atoms in total. The van der Waals surface area contributed by atoms with E-state index in [0.29, 0.717) is 0 Å². The van der Waals surface area contributed by atoms with Gasteiger partial charge in [0.15, 0.2) is 12.4 Å². The van der Waals surface area contributed by atoms with Crippen molar-refractivity contribution in [2.45, 2.75) is 26.5 Å². The molecular weight excluding hydrogens is 436 g/mol. The highest BCUT2D eigenvalue weighted by Gasteiger charge is 2.17. The first kappa shape index (κ1) is 24.2. The molecular formula is C24H26N6O4. The first-order valence-corrected chi connectivity index (χ1v) is 10.5. The van der Waals surface area contributed by atoms with Crippen molar-refractivity contribution in [1.82, 2.24) is 20.3 Å². The fraction of sp³-hybridized carbons (Fsp3) is 0.208. The van der Waals surface area contributed by atoms with Crippen LogP contribution in [-0.2, 0) is 20.9 Å². The molecule has 2 aromatic carbocycles. The lowest BCUT2D eigenvalue weighted by atomic mass is 10.2. The summed E-state index contributed by atoms with van der Waals surface area (Å²) in [6, 6.07) is 13.9. The highest BCUT2D eigenvalue weighted by molar-refractivity contribution is 5.94. The number of esters is 1. The van der Waals surface area contributed by atoms with Crippen LogP contribution < -0.4 is 21.1 Å². The normalized spacial score (nSPS) is 11.6. The minimum Gasteiger partial charge on any atom is -0.497 e. The number of nitrogens with zero attached hydrogens (tertiary/aromatic N) is 3. The lowest BCUT2D eigenvalue weighted by Crippen LogP contribution is -2.38. The Balaban J connectivity index is 1.51. The summed E-state index contributed by atoms with van der Waals surface area (Å²) in [5.41, 5.74) is 8.46. The predicted molar refractivity (Wildman–Crippen MR) is 128 cm³/mol. The fourth-order valence-corrected chi connectivity index (χ4v) is 2.79. The molecule has 0 unspecified atom stereocenters. The van der Waals surface area contributed by atoms with E-state index in [4.69, 9.17) is 15.2 Å². The summed E-state index contributed by atoms with van der Waals surface area (Å²) in [6.07, 6.45) is 2.96. The number of rotatable bonds is 9. The van der Waals surface area contributed by atoms with E-state index in [1.165, 1.54) is 13.0 Å². The van der Waals surface area contributed by atoms with Gasteiger partial charge in [0.25, 0.3) is 0 Å². The van der Waals surface area contributed by atoms with E-state index in [0.717, 1.165) is 22.6 Å². The van der Waals surface area contributed by atoms with Crippen molar-refractivity contribution in [1.29, 1.82) is 0 Å². The molecule has 4 N–H and O–H groups in total. The maximum absolute atomic E-state index is 12.3. The molecule has 1 atom stereocenters. The highest BCUT2D eigenvalue weighted by atomic mass is 16.5. The monoisotopic (exact) mass is 462 g/mol. The van der Waals surface area contributed by atoms with Crippen LogP contribution in [0.3, 0.4) is 0 Å². The van der Waals surface area contributed by atoms with E-state index in [9.17, 15) is 9.59 Å². The number of benzene rings is 2. The zero-order valence-electron chi connectivity index (χ0n) is 19.1. The standard InChI is InChI=1S/C24H26N6O4/c1-15-4-9-18(10-5-15)27-24-29-20(28-23(25)30-24)14-34-22(32)16(2)26-21(31)13-8-17-6-11-19(33-3)12-7-17/h4-13,16H,14H2,1-3H3,(H,26,31)(H3,25,27,28,29,30)/b13-8+/t16-/m0/s1. The molecule has 0 fully saturated rings. The van der Waals surface area contributed by atoms with Crippen LogP contribution in [0, 0.1) is 6.92 Å².